The maximum absolute atomic E-state index is 6.12. The second-order valence-electron chi connectivity index (χ2n) is 5.64. The first-order valence-corrected chi connectivity index (χ1v) is 7.35. The molecule has 2 N–H and O–H groups in total. The van der Waals surface area contributed by atoms with Gasteiger partial charge in [-0.1, -0.05) is 13.8 Å². The molecule has 0 radical (unpaired) electrons. The third-order valence-corrected chi connectivity index (χ3v) is 3.56. The van der Waals surface area contributed by atoms with Crippen molar-refractivity contribution in [2.75, 3.05) is 14.2 Å². The highest BCUT2D eigenvalue weighted by Gasteiger charge is 2.20. The van der Waals surface area contributed by atoms with Gasteiger partial charge in [-0.15, -0.1) is 11.8 Å². The van der Waals surface area contributed by atoms with E-state index in [4.69, 9.17) is 15.2 Å². The van der Waals surface area contributed by atoms with E-state index in [9.17, 15) is 0 Å². The van der Waals surface area contributed by atoms with Crippen LogP contribution in [0.3, 0.4) is 0 Å². The minimum atomic E-state index is -0.298. The lowest BCUT2D eigenvalue weighted by Gasteiger charge is -2.23. The Morgan fingerprint density at radius 2 is 1.63 bits per heavy atom. The number of hydrogen-bond acceptors (Lipinski definition) is 4. The normalized spacial score (nSPS) is 11.8. The average Bonchev–Trinajstić information content (AvgIpc) is 2.28. The number of thioether (sulfide) groups is 1. The zero-order valence-corrected chi connectivity index (χ0v) is 13.6. The van der Waals surface area contributed by atoms with Crippen LogP contribution in [0.25, 0.3) is 0 Å². The largest absolute Gasteiger partial charge is 0.496 e. The van der Waals surface area contributed by atoms with Crippen molar-refractivity contribution in [3.05, 3.63) is 17.7 Å². The van der Waals surface area contributed by atoms with Crippen molar-refractivity contribution < 1.29 is 9.47 Å². The molecule has 3 nitrogen and oxygen atoms in total. The van der Waals surface area contributed by atoms with Gasteiger partial charge in [0.1, 0.15) is 11.5 Å². The van der Waals surface area contributed by atoms with E-state index in [2.05, 4.69) is 26.0 Å². The van der Waals surface area contributed by atoms with Gasteiger partial charge in [0.25, 0.3) is 0 Å². The van der Waals surface area contributed by atoms with Gasteiger partial charge in [-0.3, -0.25) is 0 Å². The van der Waals surface area contributed by atoms with Crippen molar-refractivity contribution in [1.82, 2.24) is 0 Å². The monoisotopic (exact) mass is 283 g/mol. The molecule has 0 unspecified atom stereocenters. The molecule has 0 aromatic heterocycles. The van der Waals surface area contributed by atoms with E-state index in [1.165, 1.54) is 0 Å². The quantitative estimate of drug-likeness (QED) is 0.812. The number of ether oxygens (including phenoxy) is 2. The third-order valence-electron chi connectivity index (χ3n) is 2.59. The number of rotatable bonds is 6. The highest BCUT2D eigenvalue weighted by Crippen LogP contribution is 2.37. The second kappa shape index (κ2) is 6.53. The third kappa shape index (κ3) is 4.96. The predicted octanol–water partition coefficient (Wildman–Crippen LogP) is 3.48. The summed E-state index contributed by atoms with van der Waals surface area (Å²) >= 11 is 1.79. The number of methoxy groups -OCH3 is 2. The maximum atomic E-state index is 6.12. The molecule has 0 aliphatic heterocycles. The molecule has 0 saturated heterocycles. The predicted molar refractivity (Wildman–Crippen MR) is 82.5 cm³/mol. The average molecular weight is 283 g/mol. The molecule has 0 amide bonds. The number of benzene rings is 1. The molecule has 0 atom stereocenters. The standard InChI is InChI=1S/C15H25NO2S/c1-10(2)19-11-7-13(17-5)12(9-15(3,4)16)14(8-11)18-6/h7-8,10H,9,16H2,1-6H3. The lowest BCUT2D eigenvalue weighted by molar-refractivity contribution is 0.373. The summed E-state index contributed by atoms with van der Waals surface area (Å²) in [5.41, 5.74) is 6.85. The van der Waals surface area contributed by atoms with E-state index >= 15 is 0 Å². The van der Waals surface area contributed by atoms with Crippen molar-refractivity contribution in [3.8, 4) is 11.5 Å². The van der Waals surface area contributed by atoms with Crippen LogP contribution in [0.5, 0.6) is 11.5 Å². The topological polar surface area (TPSA) is 44.5 Å². The van der Waals surface area contributed by atoms with Crippen LogP contribution in [-0.2, 0) is 6.42 Å². The van der Waals surface area contributed by atoms with Crippen molar-refractivity contribution in [3.63, 3.8) is 0 Å². The molecule has 0 saturated carbocycles. The van der Waals surface area contributed by atoms with E-state index in [1.54, 1.807) is 26.0 Å². The van der Waals surface area contributed by atoms with Crippen LogP contribution in [-0.4, -0.2) is 25.0 Å². The van der Waals surface area contributed by atoms with Crippen LogP contribution in [0, 0.1) is 0 Å². The van der Waals surface area contributed by atoms with Gasteiger partial charge in [0.2, 0.25) is 0 Å². The molecule has 1 aromatic rings. The van der Waals surface area contributed by atoms with Gasteiger partial charge in [-0.2, -0.15) is 0 Å². The molecule has 0 fully saturated rings. The molecule has 0 heterocycles. The fourth-order valence-electron chi connectivity index (χ4n) is 1.93. The molecule has 0 aliphatic carbocycles. The second-order valence-corrected chi connectivity index (χ2v) is 7.29. The molecule has 19 heavy (non-hydrogen) atoms. The van der Waals surface area contributed by atoms with Gasteiger partial charge in [0.05, 0.1) is 14.2 Å². The first kappa shape index (κ1) is 16.2. The van der Waals surface area contributed by atoms with Crippen LogP contribution >= 0.6 is 11.8 Å². The Kier molecular flexibility index (Phi) is 5.56. The van der Waals surface area contributed by atoms with Gasteiger partial charge < -0.3 is 15.2 Å². The van der Waals surface area contributed by atoms with E-state index in [-0.39, 0.29) is 5.54 Å². The van der Waals surface area contributed by atoms with Crippen molar-refractivity contribution in [2.45, 2.75) is 49.8 Å². The lowest BCUT2D eigenvalue weighted by atomic mass is 9.95. The maximum Gasteiger partial charge on any atom is 0.126 e. The van der Waals surface area contributed by atoms with Crippen molar-refractivity contribution in [2.24, 2.45) is 5.73 Å². The van der Waals surface area contributed by atoms with Crippen LogP contribution in [0.1, 0.15) is 33.3 Å². The van der Waals surface area contributed by atoms with Crippen LogP contribution in [0.4, 0.5) is 0 Å². The molecular weight excluding hydrogens is 258 g/mol. The Labute approximate surface area is 120 Å². The molecule has 1 aromatic carbocycles. The van der Waals surface area contributed by atoms with E-state index in [0.29, 0.717) is 11.7 Å². The van der Waals surface area contributed by atoms with Crippen LogP contribution < -0.4 is 15.2 Å². The van der Waals surface area contributed by atoms with Gasteiger partial charge in [0, 0.05) is 21.2 Å². The zero-order valence-electron chi connectivity index (χ0n) is 12.7. The highest BCUT2D eigenvalue weighted by atomic mass is 32.2. The Morgan fingerprint density at radius 1 is 1.16 bits per heavy atom. The van der Waals surface area contributed by atoms with Gasteiger partial charge in [-0.05, 0) is 32.4 Å². The molecule has 1 rings (SSSR count). The molecule has 108 valence electrons. The molecule has 4 heteroatoms. The minimum absolute atomic E-state index is 0.298. The fourth-order valence-corrected chi connectivity index (χ4v) is 2.82. The number of hydrogen-bond donors (Lipinski definition) is 1. The Balaban J connectivity index is 3.21. The SMILES string of the molecule is COc1cc(SC(C)C)cc(OC)c1CC(C)(C)N. The summed E-state index contributed by atoms with van der Waals surface area (Å²) in [6, 6.07) is 4.13. The van der Waals surface area contributed by atoms with Gasteiger partial charge >= 0.3 is 0 Å². The summed E-state index contributed by atoms with van der Waals surface area (Å²) < 4.78 is 11.0. The van der Waals surface area contributed by atoms with Crippen LogP contribution in [0.2, 0.25) is 0 Å². The molecular formula is C15H25NO2S. The highest BCUT2D eigenvalue weighted by molar-refractivity contribution is 7.99. The summed E-state index contributed by atoms with van der Waals surface area (Å²) in [4.78, 5) is 1.15. The minimum Gasteiger partial charge on any atom is -0.496 e. The summed E-state index contributed by atoms with van der Waals surface area (Å²) in [5, 5.41) is 0.520. The number of nitrogens with two attached hydrogens (primary N) is 1. The van der Waals surface area contributed by atoms with E-state index in [0.717, 1.165) is 22.0 Å². The van der Waals surface area contributed by atoms with Gasteiger partial charge in [-0.25, -0.2) is 0 Å². The first-order chi connectivity index (χ1) is 8.76. The van der Waals surface area contributed by atoms with Crippen LogP contribution in [0.15, 0.2) is 17.0 Å². The molecule has 0 aliphatic rings. The zero-order chi connectivity index (χ0) is 14.6. The Hall–Kier alpha value is -0.870. The van der Waals surface area contributed by atoms with Crippen molar-refractivity contribution >= 4 is 11.8 Å². The first-order valence-electron chi connectivity index (χ1n) is 6.47. The van der Waals surface area contributed by atoms with Crippen molar-refractivity contribution in [1.29, 1.82) is 0 Å². The summed E-state index contributed by atoms with van der Waals surface area (Å²) in [5.74, 6) is 1.70. The fraction of sp³-hybridized carbons (Fsp3) is 0.600. The van der Waals surface area contributed by atoms with Gasteiger partial charge in [0.15, 0.2) is 0 Å². The summed E-state index contributed by atoms with van der Waals surface area (Å²) in [7, 11) is 3.37. The molecule has 0 bridgehead atoms. The smallest absolute Gasteiger partial charge is 0.126 e. The Morgan fingerprint density at radius 3 is 1.95 bits per heavy atom. The Bertz CT molecular complexity index is 400. The lowest BCUT2D eigenvalue weighted by Crippen LogP contribution is -2.34. The summed E-state index contributed by atoms with van der Waals surface area (Å²) in [6.45, 7) is 8.34. The summed E-state index contributed by atoms with van der Waals surface area (Å²) in [6.07, 6.45) is 0.714. The van der Waals surface area contributed by atoms with E-state index < -0.39 is 0 Å². The molecule has 0 spiro atoms. The van der Waals surface area contributed by atoms with E-state index in [1.807, 2.05) is 13.8 Å².